The van der Waals surface area contributed by atoms with Crippen LogP contribution in [0.15, 0.2) is 24.3 Å². The Labute approximate surface area is 169 Å². The van der Waals surface area contributed by atoms with E-state index < -0.39 is 23.8 Å². The first kappa shape index (κ1) is 19.8. The highest BCUT2D eigenvalue weighted by Crippen LogP contribution is 2.52. The third-order valence-electron chi connectivity index (χ3n) is 6.83. The Balaban J connectivity index is 1.40. The molecular weight excluding hydrogens is 374 g/mol. The molecule has 8 nitrogen and oxygen atoms in total. The Hall–Kier alpha value is -2.45. The van der Waals surface area contributed by atoms with E-state index >= 15 is 0 Å². The molecule has 29 heavy (non-hydrogen) atoms. The van der Waals surface area contributed by atoms with Crippen LogP contribution in [0.25, 0.3) is 0 Å². The summed E-state index contributed by atoms with van der Waals surface area (Å²) < 4.78 is 0. The van der Waals surface area contributed by atoms with Gasteiger partial charge in [-0.2, -0.15) is 0 Å². The third-order valence-corrected chi connectivity index (χ3v) is 6.83. The number of benzene rings is 1. The summed E-state index contributed by atoms with van der Waals surface area (Å²) in [6.07, 6.45) is 4.24. The van der Waals surface area contributed by atoms with Crippen molar-refractivity contribution in [2.24, 2.45) is 11.3 Å². The van der Waals surface area contributed by atoms with Crippen LogP contribution < -0.4 is 10.8 Å². The molecule has 1 aromatic carbocycles. The van der Waals surface area contributed by atoms with Crippen LogP contribution in [0.5, 0.6) is 0 Å². The molecule has 1 spiro atoms. The van der Waals surface area contributed by atoms with Crippen LogP contribution in [-0.4, -0.2) is 58.7 Å². The van der Waals surface area contributed by atoms with Gasteiger partial charge in [0.1, 0.15) is 0 Å². The lowest BCUT2D eigenvalue weighted by atomic mass is 9.81. The standard InChI is InChI=1S/C21H27N3O5/c25-18(23-29)16-11-21(6-7-21)12-22-17(16)19(26)24-8-4-13(5-9-24)14-2-1-3-15(10-14)20(27)28/h1-3,10,13,16-17,22,29H,4-9,11-12H2,(H,23,25)(H,27,28). The normalized spacial score (nSPS) is 26.2. The SMILES string of the molecule is O=C(O)c1cccc(C2CCN(C(=O)C3NCC4(CC4)CC3C(=O)NO)CC2)c1. The van der Waals surface area contributed by atoms with E-state index in [0.29, 0.717) is 19.5 Å². The van der Waals surface area contributed by atoms with Crippen LogP contribution in [-0.2, 0) is 9.59 Å². The molecule has 2 aliphatic heterocycles. The summed E-state index contributed by atoms with van der Waals surface area (Å²) in [5.74, 6) is -1.88. The van der Waals surface area contributed by atoms with Gasteiger partial charge in [-0.15, -0.1) is 0 Å². The average Bonchev–Trinajstić information content (AvgIpc) is 3.51. The number of hydrogen-bond acceptors (Lipinski definition) is 5. The van der Waals surface area contributed by atoms with E-state index in [-0.39, 0.29) is 22.8 Å². The summed E-state index contributed by atoms with van der Waals surface area (Å²) in [4.78, 5) is 38.3. The monoisotopic (exact) mass is 401 g/mol. The van der Waals surface area contributed by atoms with Crippen molar-refractivity contribution < 1.29 is 24.7 Å². The van der Waals surface area contributed by atoms with Crippen molar-refractivity contribution in [3.05, 3.63) is 35.4 Å². The second-order valence-electron chi connectivity index (χ2n) is 8.68. The van der Waals surface area contributed by atoms with Crippen molar-refractivity contribution in [2.75, 3.05) is 19.6 Å². The maximum Gasteiger partial charge on any atom is 0.335 e. The van der Waals surface area contributed by atoms with E-state index in [4.69, 9.17) is 5.21 Å². The average molecular weight is 401 g/mol. The van der Waals surface area contributed by atoms with Gasteiger partial charge in [-0.05, 0) is 61.1 Å². The number of aromatic carboxylic acids is 1. The molecule has 2 heterocycles. The number of likely N-dealkylation sites (tertiary alicyclic amines) is 1. The van der Waals surface area contributed by atoms with E-state index in [9.17, 15) is 19.5 Å². The van der Waals surface area contributed by atoms with E-state index in [2.05, 4.69) is 5.32 Å². The van der Waals surface area contributed by atoms with E-state index in [1.165, 1.54) is 0 Å². The molecule has 4 rings (SSSR count). The molecule has 3 fully saturated rings. The molecule has 0 radical (unpaired) electrons. The number of rotatable bonds is 4. The largest absolute Gasteiger partial charge is 0.478 e. The van der Waals surface area contributed by atoms with E-state index in [0.717, 1.165) is 37.8 Å². The Morgan fingerprint density at radius 1 is 1.17 bits per heavy atom. The number of carbonyl (C=O) groups is 3. The summed E-state index contributed by atoms with van der Waals surface area (Å²) in [5, 5.41) is 21.6. The number of hydroxylamine groups is 1. The quantitative estimate of drug-likeness (QED) is 0.447. The first-order valence-electron chi connectivity index (χ1n) is 10.2. The topological polar surface area (TPSA) is 119 Å². The van der Waals surface area contributed by atoms with Gasteiger partial charge in [0.2, 0.25) is 11.8 Å². The highest BCUT2D eigenvalue weighted by molar-refractivity contribution is 5.90. The Morgan fingerprint density at radius 2 is 1.90 bits per heavy atom. The molecule has 2 saturated heterocycles. The zero-order chi connectivity index (χ0) is 20.6. The molecule has 0 bridgehead atoms. The minimum absolute atomic E-state index is 0.0909. The summed E-state index contributed by atoms with van der Waals surface area (Å²) in [6.45, 7) is 1.87. The molecule has 1 aliphatic carbocycles. The minimum atomic E-state index is -0.940. The summed E-state index contributed by atoms with van der Waals surface area (Å²) in [7, 11) is 0. The van der Waals surface area contributed by atoms with Crippen LogP contribution in [0, 0.1) is 11.3 Å². The molecule has 1 aromatic rings. The van der Waals surface area contributed by atoms with Crippen molar-refractivity contribution in [2.45, 2.75) is 44.1 Å². The summed E-state index contributed by atoms with van der Waals surface area (Å²) >= 11 is 0. The molecule has 2 amide bonds. The second kappa shape index (κ2) is 7.76. The van der Waals surface area contributed by atoms with Crippen LogP contribution in [0.4, 0.5) is 0 Å². The molecule has 1 saturated carbocycles. The van der Waals surface area contributed by atoms with Gasteiger partial charge in [-0.3, -0.25) is 14.8 Å². The van der Waals surface area contributed by atoms with Crippen LogP contribution >= 0.6 is 0 Å². The molecule has 0 aromatic heterocycles. The molecule has 2 atom stereocenters. The molecular formula is C21H27N3O5. The Morgan fingerprint density at radius 3 is 2.52 bits per heavy atom. The van der Waals surface area contributed by atoms with Gasteiger partial charge in [-0.25, -0.2) is 10.3 Å². The van der Waals surface area contributed by atoms with E-state index in [1.807, 2.05) is 6.07 Å². The van der Waals surface area contributed by atoms with Crippen molar-refractivity contribution in [3.63, 3.8) is 0 Å². The van der Waals surface area contributed by atoms with Crippen molar-refractivity contribution in [3.8, 4) is 0 Å². The number of nitrogens with one attached hydrogen (secondary N) is 2. The highest BCUT2D eigenvalue weighted by Gasteiger charge is 2.52. The number of piperidine rings is 2. The minimum Gasteiger partial charge on any atom is -0.478 e. The number of hydrogen-bond donors (Lipinski definition) is 4. The molecule has 3 aliphatic rings. The van der Waals surface area contributed by atoms with Crippen molar-refractivity contribution in [1.82, 2.24) is 15.7 Å². The molecule has 8 heteroatoms. The number of nitrogens with zero attached hydrogens (tertiary/aromatic N) is 1. The zero-order valence-corrected chi connectivity index (χ0v) is 16.3. The highest BCUT2D eigenvalue weighted by atomic mass is 16.5. The van der Waals surface area contributed by atoms with Gasteiger partial charge in [0.25, 0.3) is 0 Å². The number of carboxylic acids is 1. The lowest BCUT2D eigenvalue weighted by Crippen LogP contribution is -2.59. The van der Waals surface area contributed by atoms with E-state index in [1.54, 1.807) is 28.6 Å². The summed E-state index contributed by atoms with van der Waals surface area (Å²) in [6, 6.07) is 6.38. The molecule has 2 unspecified atom stereocenters. The summed E-state index contributed by atoms with van der Waals surface area (Å²) in [5.41, 5.74) is 3.10. The van der Waals surface area contributed by atoms with Gasteiger partial charge in [-0.1, -0.05) is 12.1 Å². The van der Waals surface area contributed by atoms with Crippen molar-refractivity contribution in [1.29, 1.82) is 0 Å². The van der Waals surface area contributed by atoms with Crippen molar-refractivity contribution >= 4 is 17.8 Å². The first-order valence-corrected chi connectivity index (χ1v) is 10.2. The lowest BCUT2D eigenvalue weighted by molar-refractivity contribution is -0.145. The van der Waals surface area contributed by atoms with Gasteiger partial charge in [0.05, 0.1) is 17.5 Å². The van der Waals surface area contributed by atoms with Crippen LogP contribution in [0.3, 0.4) is 0 Å². The fourth-order valence-corrected chi connectivity index (χ4v) is 4.82. The van der Waals surface area contributed by atoms with Gasteiger partial charge in [0.15, 0.2) is 0 Å². The van der Waals surface area contributed by atoms with Crippen LogP contribution in [0.2, 0.25) is 0 Å². The maximum atomic E-state index is 13.1. The predicted octanol–water partition coefficient (Wildman–Crippen LogP) is 1.35. The Kier molecular flexibility index (Phi) is 5.31. The van der Waals surface area contributed by atoms with Gasteiger partial charge in [0, 0.05) is 19.6 Å². The maximum absolute atomic E-state index is 13.1. The molecule has 4 N–H and O–H groups in total. The fraction of sp³-hybridized carbons (Fsp3) is 0.571. The zero-order valence-electron chi connectivity index (χ0n) is 16.3. The Bertz CT molecular complexity index is 814. The van der Waals surface area contributed by atoms with Crippen LogP contribution in [0.1, 0.15) is 53.9 Å². The van der Waals surface area contributed by atoms with Gasteiger partial charge < -0.3 is 15.3 Å². The number of amides is 2. The molecule has 156 valence electrons. The van der Waals surface area contributed by atoms with Gasteiger partial charge >= 0.3 is 5.97 Å². The number of carboxylic acid groups (broad SMARTS) is 1. The second-order valence-corrected chi connectivity index (χ2v) is 8.68. The fourth-order valence-electron chi connectivity index (χ4n) is 4.82. The smallest absolute Gasteiger partial charge is 0.335 e. The predicted molar refractivity (Wildman–Crippen MR) is 103 cm³/mol. The number of carbonyl (C=O) groups excluding carboxylic acids is 2. The lowest BCUT2D eigenvalue weighted by Gasteiger charge is -2.40. The first-order chi connectivity index (χ1) is 13.9. The third kappa shape index (κ3) is 4.00.